The molecule has 4 rings (SSSR count). The van der Waals surface area contributed by atoms with Crippen LogP contribution in [0.5, 0.6) is 0 Å². The average molecular weight is 613 g/mol. The molecule has 0 radical (unpaired) electrons. The maximum atomic E-state index is 12.3. The Morgan fingerprint density at radius 2 is 1.74 bits per heavy atom. The molecule has 1 atom stereocenters. The molecule has 0 saturated carbocycles. The van der Waals surface area contributed by atoms with E-state index in [1.165, 1.54) is 0 Å². The summed E-state index contributed by atoms with van der Waals surface area (Å²) >= 11 is 0. The van der Waals surface area contributed by atoms with Gasteiger partial charge in [0.05, 0.1) is 23.4 Å². The standard InChI is InChI=1S/C26H34N4O4S.C2HF3O2/c1-3-35(33,34)30-10-8-20(9-11-30)24-15-29-25-22(24)12-21(13-23(25)26(27)32)19-6-4-18(5-7-19)14-28-17(2)16-31;3-2(4,5)1(6)7/h4-7,12-13,15,17,20,28-29,31H,3,8-11,14,16H2,1-2H3,(H2,27,32);(H,6,7)/t17-;/m0./s1. The first-order valence-corrected chi connectivity index (χ1v) is 14.9. The zero-order valence-corrected chi connectivity index (χ0v) is 24.1. The number of fused-ring (bicyclic) bond motifs is 1. The predicted octanol–water partition coefficient (Wildman–Crippen LogP) is 3.57. The number of carbonyl (C=O) groups excluding carboxylic acids is 1. The van der Waals surface area contributed by atoms with Crippen molar-refractivity contribution >= 4 is 32.8 Å². The van der Waals surface area contributed by atoms with E-state index in [1.807, 2.05) is 43.5 Å². The van der Waals surface area contributed by atoms with E-state index in [9.17, 15) is 31.5 Å². The number of primary amides is 1. The number of amides is 1. The van der Waals surface area contributed by atoms with Crippen molar-refractivity contribution in [1.29, 1.82) is 0 Å². The number of aliphatic carboxylic acids is 1. The van der Waals surface area contributed by atoms with Crippen molar-refractivity contribution in [2.45, 2.75) is 51.4 Å². The molecular formula is C28H35F3N4O6S. The maximum Gasteiger partial charge on any atom is 0.490 e. The zero-order chi connectivity index (χ0) is 31.2. The number of nitrogens with one attached hydrogen (secondary N) is 2. The SMILES string of the molecule is CCS(=O)(=O)N1CCC(c2c[nH]c3c(C(N)=O)cc(-c4ccc(CN[C@@H](C)CO)cc4)cc23)CC1.O=C(O)C(F)(F)F. The Labute approximate surface area is 241 Å². The smallest absolute Gasteiger partial charge is 0.475 e. The van der Waals surface area contributed by atoms with Crippen LogP contribution in [0.3, 0.4) is 0 Å². The number of nitrogens with zero attached hydrogens (tertiary/aromatic N) is 1. The van der Waals surface area contributed by atoms with E-state index < -0.39 is 28.1 Å². The summed E-state index contributed by atoms with van der Waals surface area (Å²) in [6.07, 6.45) is -1.68. The highest BCUT2D eigenvalue weighted by molar-refractivity contribution is 7.89. The van der Waals surface area contributed by atoms with E-state index in [4.69, 9.17) is 15.6 Å². The molecule has 1 fully saturated rings. The maximum absolute atomic E-state index is 12.3. The van der Waals surface area contributed by atoms with Gasteiger partial charge in [0.1, 0.15) is 0 Å². The van der Waals surface area contributed by atoms with Gasteiger partial charge in [0.2, 0.25) is 10.0 Å². The number of aromatic amines is 1. The van der Waals surface area contributed by atoms with Gasteiger partial charge in [-0.15, -0.1) is 0 Å². The van der Waals surface area contributed by atoms with Gasteiger partial charge < -0.3 is 26.2 Å². The molecule has 1 aliphatic rings. The van der Waals surface area contributed by atoms with E-state index in [2.05, 4.69) is 16.4 Å². The number of benzene rings is 2. The van der Waals surface area contributed by atoms with Gasteiger partial charge in [-0.3, -0.25) is 4.79 Å². The Morgan fingerprint density at radius 3 is 2.24 bits per heavy atom. The number of sulfonamides is 1. The normalized spacial score (nSPS) is 15.7. The quantitative estimate of drug-likeness (QED) is 0.246. The average Bonchev–Trinajstić information content (AvgIpc) is 3.39. The van der Waals surface area contributed by atoms with Crippen molar-refractivity contribution in [2.75, 3.05) is 25.4 Å². The number of halogens is 3. The van der Waals surface area contributed by atoms with Gasteiger partial charge in [-0.1, -0.05) is 24.3 Å². The highest BCUT2D eigenvalue weighted by Crippen LogP contribution is 2.37. The number of alkyl halides is 3. The summed E-state index contributed by atoms with van der Waals surface area (Å²) in [5.41, 5.74) is 11.0. The highest BCUT2D eigenvalue weighted by atomic mass is 32.2. The summed E-state index contributed by atoms with van der Waals surface area (Å²) in [5, 5.41) is 20.5. The number of aliphatic hydroxyl groups excluding tert-OH is 1. The minimum Gasteiger partial charge on any atom is -0.475 e. The molecule has 1 aliphatic heterocycles. The molecule has 0 bridgehead atoms. The van der Waals surface area contributed by atoms with Crippen LogP contribution in [0.25, 0.3) is 22.0 Å². The molecular weight excluding hydrogens is 577 g/mol. The summed E-state index contributed by atoms with van der Waals surface area (Å²) in [7, 11) is -3.18. The first-order chi connectivity index (χ1) is 19.7. The number of aromatic nitrogens is 1. The molecule has 10 nitrogen and oxygen atoms in total. The minimum atomic E-state index is -5.08. The lowest BCUT2D eigenvalue weighted by Crippen LogP contribution is -2.38. The number of hydrogen-bond acceptors (Lipinski definition) is 6. The summed E-state index contributed by atoms with van der Waals surface area (Å²) < 4.78 is 57.8. The second kappa shape index (κ2) is 13.7. The summed E-state index contributed by atoms with van der Waals surface area (Å²) in [4.78, 5) is 24.4. The second-order valence-corrected chi connectivity index (χ2v) is 12.4. The van der Waals surface area contributed by atoms with Crippen LogP contribution in [-0.4, -0.2) is 77.5 Å². The van der Waals surface area contributed by atoms with Gasteiger partial charge in [0, 0.05) is 37.3 Å². The molecule has 0 unspecified atom stereocenters. The van der Waals surface area contributed by atoms with E-state index in [0.29, 0.717) is 25.2 Å². The number of rotatable bonds is 9. The van der Waals surface area contributed by atoms with E-state index in [0.717, 1.165) is 46.0 Å². The molecule has 6 N–H and O–H groups in total. The van der Waals surface area contributed by atoms with E-state index >= 15 is 0 Å². The number of carboxylic acid groups (broad SMARTS) is 1. The Kier molecular flexibility index (Phi) is 10.8. The second-order valence-electron chi connectivity index (χ2n) is 10.1. The summed E-state index contributed by atoms with van der Waals surface area (Å²) in [5.74, 6) is -2.93. The van der Waals surface area contributed by atoms with Gasteiger partial charge >= 0.3 is 12.1 Å². The molecule has 42 heavy (non-hydrogen) atoms. The fourth-order valence-electron chi connectivity index (χ4n) is 4.75. The van der Waals surface area contributed by atoms with E-state index in [1.54, 1.807) is 11.2 Å². The van der Waals surface area contributed by atoms with Crippen LogP contribution in [0, 0.1) is 0 Å². The number of aliphatic hydroxyl groups is 1. The molecule has 230 valence electrons. The van der Waals surface area contributed by atoms with Crippen LogP contribution in [0.2, 0.25) is 0 Å². The lowest BCUT2D eigenvalue weighted by molar-refractivity contribution is -0.192. The van der Waals surface area contributed by atoms with Crippen molar-refractivity contribution < 1.29 is 41.4 Å². The Bertz CT molecular complexity index is 1500. The fourth-order valence-corrected chi connectivity index (χ4v) is 5.88. The molecule has 0 aliphatic carbocycles. The third-order valence-corrected chi connectivity index (χ3v) is 9.08. The number of hydrogen-bond donors (Lipinski definition) is 5. The molecule has 3 aromatic rings. The Morgan fingerprint density at radius 1 is 1.14 bits per heavy atom. The molecule has 0 spiro atoms. The van der Waals surface area contributed by atoms with Crippen LogP contribution in [0.1, 0.15) is 54.1 Å². The lowest BCUT2D eigenvalue weighted by Gasteiger charge is -2.31. The fraction of sp³-hybridized carbons (Fsp3) is 0.429. The predicted molar refractivity (Wildman–Crippen MR) is 152 cm³/mol. The molecule has 1 aromatic heterocycles. The summed E-state index contributed by atoms with van der Waals surface area (Å²) in [6, 6.07) is 12.0. The van der Waals surface area contributed by atoms with Gasteiger partial charge in [-0.05, 0) is 67.0 Å². The van der Waals surface area contributed by atoms with Crippen molar-refractivity contribution in [3.8, 4) is 11.1 Å². The highest BCUT2D eigenvalue weighted by Gasteiger charge is 2.38. The third-order valence-electron chi connectivity index (χ3n) is 7.20. The van der Waals surface area contributed by atoms with E-state index in [-0.39, 0.29) is 24.3 Å². The van der Waals surface area contributed by atoms with Crippen molar-refractivity contribution in [2.24, 2.45) is 5.73 Å². The molecule has 2 heterocycles. The van der Waals surface area contributed by atoms with Crippen LogP contribution >= 0.6 is 0 Å². The van der Waals surface area contributed by atoms with Crippen LogP contribution in [-0.2, 0) is 21.4 Å². The number of carboxylic acids is 1. The van der Waals surface area contributed by atoms with Gasteiger partial charge in [-0.2, -0.15) is 13.2 Å². The van der Waals surface area contributed by atoms with Crippen LogP contribution < -0.4 is 11.1 Å². The van der Waals surface area contributed by atoms with Crippen LogP contribution in [0.15, 0.2) is 42.6 Å². The van der Waals surface area contributed by atoms with Crippen LogP contribution in [0.4, 0.5) is 13.2 Å². The first kappa shape index (κ1) is 33.0. The molecule has 1 saturated heterocycles. The summed E-state index contributed by atoms with van der Waals surface area (Å²) in [6.45, 7) is 5.34. The monoisotopic (exact) mass is 612 g/mol. The number of nitrogens with two attached hydrogens (primary N) is 1. The van der Waals surface area contributed by atoms with Crippen molar-refractivity contribution in [3.05, 3.63) is 59.3 Å². The number of piperidine rings is 1. The topological polar surface area (TPSA) is 166 Å². The molecule has 1 amide bonds. The lowest BCUT2D eigenvalue weighted by atomic mass is 9.88. The van der Waals surface area contributed by atoms with Gasteiger partial charge in [0.15, 0.2) is 0 Å². The number of carbonyl (C=O) groups is 2. The van der Waals surface area contributed by atoms with Gasteiger partial charge in [-0.25, -0.2) is 17.5 Å². The van der Waals surface area contributed by atoms with Crippen molar-refractivity contribution in [3.63, 3.8) is 0 Å². The zero-order valence-electron chi connectivity index (χ0n) is 23.2. The molecule has 2 aromatic carbocycles. The van der Waals surface area contributed by atoms with Gasteiger partial charge in [0.25, 0.3) is 5.91 Å². The third kappa shape index (κ3) is 8.09. The largest absolute Gasteiger partial charge is 0.490 e. The Hall–Kier alpha value is -3.46. The first-order valence-electron chi connectivity index (χ1n) is 13.3. The Balaban J connectivity index is 0.000000616. The van der Waals surface area contributed by atoms with Crippen molar-refractivity contribution in [1.82, 2.24) is 14.6 Å². The minimum absolute atomic E-state index is 0.0242. The molecule has 14 heteroatoms. The number of H-pyrrole nitrogens is 1.